The van der Waals surface area contributed by atoms with Crippen molar-refractivity contribution in [3.63, 3.8) is 0 Å². The Kier molecular flexibility index (Phi) is 5.69. The van der Waals surface area contributed by atoms with Crippen molar-refractivity contribution in [2.75, 3.05) is 33.7 Å². The number of hydrogen-bond donors (Lipinski definition) is 0. The van der Waals surface area contributed by atoms with Crippen LogP contribution in [0.15, 0.2) is 12.4 Å². The number of imidazole rings is 1. The second-order valence-corrected chi connectivity index (χ2v) is 9.53. The van der Waals surface area contributed by atoms with Gasteiger partial charge >= 0.3 is 0 Å². The minimum absolute atomic E-state index is 0.0237. The lowest BCUT2D eigenvalue weighted by Gasteiger charge is -2.36. The molecule has 0 saturated carbocycles. The molecule has 3 saturated heterocycles. The summed E-state index contributed by atoms with van der Waals surface area (Å²) in [7, 11) is -0.325. The van der Waals surface area contributed by atoms with Crippen molar-refractivity contribution in [2.45, 2.75) is 45.2 Å². The summed E-state index contributed by atoms with van der Waals surface area (Å²) in [6.07, 6.45) is 6.80. The Balaban J connectivity index is 1.67. The number of aryl methyl sites for hydroxylation is 2. The fourth-order valence-electron chi connectivity index (χ4n) is 3.98. The molecule has 9 heteroatoms. The van der Waals surface area contributed by atoms with Crippen molar-refractivity contribution < 1.29 is 13.2 Å². The maximum absolute atomic E-state index is 12.8. The fraction of sp³-hybridized carbons (Fsp3) is 0.765. The van der Waals surface area contributed by atoms with E-state index in [-0.39, 0.29) is 17.9 Å². The van der Waals surface area contributed by atoms with E-state index in [4.69, 9.17) is 0 Å². The van der Waals surface area contributed by atoms with E-state index in [1.54, 1.807) is 24.6 Å². The summed E-state index contributed by atoms with van der Waals surface area (Å²) in [5.74, 6) is 1.31. The third-order valence-corrected chi connectivity index (χ3v) is 7.35. The van der Waals surface area contributed by atoms with Crippen LogP contribution in [-0.4, -0.2) is 77.2 Å². The third-order valence-electron chi connectivity index (χ3n) is 5.47. The summed E-state index contributed by atoms with van der Waals surface area (Å²) in [5, 5.41) is 0. The first kappa shape index (κ1) is 19.3. The lowest BCUT2D eigenvalue weighted by molar-refractivity contribution is -0.135. The zero-order chi connectivity index (χ0) is 18.9. The van der Waals surface area contributed by atoms with Gasteiger partial charge in [0.15, 0.2) is 0 Å². The van der Waals surface area contributed by atoms with Gasteiger partial charge in [-0.05, 0) is 18.8 Å². The highest BCUT2D eigenvalue weighted by atomic mass is 32.2. The molecule has 0 aliphatic carbocycles. The first-order valence-electron chi connectivity index (χ1n) is 9.30. The quantitative estimate of drug-likeness (QED) is 0.719. The Morgan fingerprint density at radius 1 is 1.27 bits per heavy atom. The molecular formula is C17H29N5O3S. The first-order valence-corrected chi connectivity index (χ1v) is 10.7. The molecule has 1 aromatic rings. The Bertz CT molecular complexity index is 745. The SMILES string of the molecule is CCc1nccn1CCC(=O)N1C[C@@H]2CC[C@H]1CN(S(=O)(=O)N(C)C)C2. The van der Waals surface area contributed by atoms with E-state index < -0.39 is 10.2 Å². The van der Waals surface area contributed by atoms with Gasteiger partial charge in [0.05, 0.1) is 0 Å². The Labute approximate surface area is 156 Å². The lowest BCUT2D eigenvalue weighted by atomic mass is 9.95. The van der Waals surface area contributed by atoms with Crippen LogP contribution < -0.4 is 0 Å². The van der Waals surface area contributed by atoms with Crippen LogP contribution in [0.1, 0.15) is 32.0 Å². The molecule has 0 N–H and O–H groups in total. The number of carbonyl (C=O) groups is 1. The fourth-order valence-corrected chi connectivity index (χ4v) is 5.20. The zero-order valence-corrected chi connectivity index (χ0v) is 16.7. The van der Waals surface area contributed by atoms with Crippen LogP contribution in [0.3, 0.4) is 0 Å². The number of carbonyl (C=O) groups excluding carboxylic acids is 1. The normalized spacial score (nSPS) is 24.2. The molecule has 4 heterocycles. The van der Waals surface area contributed by atoms with Gasteiger partial charge in [-0.2, -0.15) is 17.0 Å². The van der Waals surface area contributed by atoms with Gasteiger partial charge in [0.2, 0.25) is 5.91 Å². The number of rotatable bonds is 6. The third kappa shape index (κ3) is 3.79. The maximum Gasteiger partial charge on any atom is 0.281 e. The summed E-state index contributed by atoms with van der Waals surface area (Å²) in [4.78, 5) is 19.0. The smallest absolute Gasteiger partial charge is 0.281 e. The van der Waals surface area contributed by atoms with Crippen LogP contribution >= 0.6 is 0 Å². The summed E-state index contributed by atoms with van der Waals surface area (Å²) in [5.41, 5.74) is 0. The molecule has 0 spiro atoms. The predicted molar refractivity (Wildman–Crippen MR) is 98.6 cm³/mol. The number of nitrogens with zero attached hydrogens (tertiary/aromatic N) is 5. The largest absolute Gasteiger partial charge is 0.338 e. The average molecular weight is 384 g/mol. The number of fused-ring (bicyclic) bond motifs is 4. The van der Waals surface area contributed by atoms with Gasteiger partial charge in [-0.1, -0.05) is 6.92 Å². The number of hydrogen-bond acceptors (Lipinski definition) is 4. The van der Waals surface area contributed by atoms with Crippen molar-refractivity contribution in [2.24, 2.45) is 5.92 Å². The minimum atomic E-state index is -3.44. The van der Waals surface area contributed by atoms with Gasteiger partial charge in [0.25, 0.3) is 10.2 Å². The summed E-state index contributed by atoms with van der Waals surface area (Å²) in [6.45, 7) is 4.23. The molecule has 0 radical (unpaired) electrons. The standard InChI is InChI=1S/C17H29N5O3S/c1-4-16-18-8-10-20(16)9-7-17(23)22-12-14-5-6-15(22)13-21(11-14)26(24,25)19(2)3/h8,10,14-15H,4-7,9,11-13H2,1-3H3/t14-,15+/m1/s1. The zero-order valence-electron chi connectivity index (χ0n) is 15.8. The summed E-state index contributed by atoms with van der Waals surface area (Å²) in [6, 6.07) is -0.0237. The van der Waals surface area contributed by atoms with Gasteiger partial charge in [-0.3, -0.25) is 4.79 Å². The van der Waals surface area contributed by atoms with E-state index in [1.807, 2.05) is 22.6 Å². The summed E-state index contributed by atoms with van der Waals surface area (Å²) >= 11 is 0. The first-order chi connectivity index (χ1) is 12.3. The highest BCUT2D eigenvalue weighted by molar-refractivity contribution is 7.86. The van der Waals surface area contributed by atoms with Crippen LogP contribution in [0.5, 0.6) is 0 Å². The molecule has 146 valence electrons. The van der Waals surface area contributed by atoms with E-state index in [0.29, 0.717) is 32.6 Å². The molecule has 8 nitrogen and oxygen atoms in total. The predicted octanol–water partition coefficient (Wildman–Crippen LogP) is 0.565. The van der Waals surface area contributed by atoms with Gasteiger partial charge in [-0.25, -0.2) is 4.98 Å². The van der Waals surface area contributed by atoms with Gasteiger partial charge in [0.1, 0.15) is 5.82 Å². The molecule has 1 aromatic heterocycles. The van der Waals surface area contributed by atoms with Crippen molar-refractivity contribution >= 4 is 16.1 Å². The average Bonchev–Trinajstić information content (AvgIpc) is 2.86. The Hall–Kier alpha value is -1.45. The molecule has 0 unspecified atom stereocenters. The molecule has 1 amide bonds. The molecule has 0 aromatic carbocycles. The minimum Gasteiger partial charge on any atom is -0.338 e. The van der Waals surface area contributed by atoms with Crippen LogP contribution in [-0.2, 0) is 28.0 Å². The highest BCUT2D eigenvalue weighted by Gasteiger charge is 2.41. The molecule has 3 aliphatic heterocycles. The van der Waals surface area contributed by atoms with Gasteiger partial charge < -0.3 is 9.47 Å². The molecule has 4 rings (SSSR count). The molecule has 2 bridgehead atoms. The van der Waals surface area contributed by atoms with Gasteiger partial charge in [0, 0.05) is 71.6 Å². The molecule has 26 heavy (non-hydrogen) atoms. The second-order valence-electron chi connectivity index (χ2n) is 7.39. The topological polar surface area (TPSA) is 78.8 Å². The van der Waals surface area contributed by atoms with E-state index in [9.17, 15) is 13.2 Å². The molecule has 3 fully saturated rings. The van der Waals surface area contributed by atoms with Gasteiger partial charge in [-0.15, -0.1) is 0 Å². The Morgan fingerprint density at radius 2 is 2.04 bits per heavy atom. The van der Waals surface area contributed by atoms with Crippen LogP contribution in [0.2, 0.25) is 0 Å². The van der Waals surface area contributed by atoms with Crippen LogP contribution in [0.25, 0.3) is 0 Å². The maximum atomic E-state index is 12.8. The van der Waals surface area contributed by atoms with E-state index in [0.717, 1.165) is 25.1 Å². The van der Waals surface area contributed by atoms with Crippen molar-refractivity contribution in [1.82, 2.24) is 23.1 Å². The van der Waals surface area contributed by atoms with Crippen molar-refractivity contribution in [3.8, 4) is 0 Å². The monoisotopic (exact) mass is 383 g/mol. The number of amides is 1. The number of aromatic nitrogens is 2. The molecular weight excluding hydrogens is 354 g/mol. The Morgan fingerprint density at radius 3 is 2.73 bits per heavy atom. The van der Waals surface area contributed by atoms with Crippen LogP contribution in [0, 0.1) is 5.92 Å². The number of piperidine rings is 1. The van der Waals surface area contributed by atoms with Crippen molar-refractivity contribution in [1.29, 1.82) is 0 Å². The second kappa shape index (κ2) is 7.66. The van der Waals surface area contributed by atoms with E-state index >= 15 is 0 Å². The van der Waals surface area contributed by atoms with E-state index in [1.165, 1.54) is 4.31 Å². The molecule has 3 aliphatic rings. The van der Waals surface area contributed by atoms with Crippen molar-refractivity contribution in [3.05, 3.63) is 18.2 Å². The van der Waals surface area contributed by atoms with E-state index in [2.05, 4.69) is 4.98 Å². The van der Waals surface area contributed by atoms with Crippen LogP contribution in [0.4, 0.5) is 0 Å². The summed E-state index contributed by atoms with van der Waals surface area (Å²) < 4.78 is 29.9. The molecule has 2 atom stereocenters. The highest BCUT2D eigenvalue weighted by Crippen LogP contribution is 2.30. The lowest BCUT2D eigenvalue weighted by Crippen LogP contribution is -2.48.